The normalized spacial score (nSPS) is 30.7. The second kappa shape index (κ2) is 9.22. The zero-order valence-corrected chi connectivity index (χ0v) is 17.1. The molecule has 2 N–H and O–H groups in total. The number of carboxylic acid groups (broad SMARTS) is 1. The second-order valence-electron chi connectivity index (χ2n) is 8.41. The summed E-state index contributed by atoms with van der Waals surface area (Å²) < 4.78 is 0. The fourth-order valence-corrected chi connectivity index (χ4v) is 4.89. The molecule has 0 spiro atoms. The number of likely N-dealkylation sites (N-methyl/N-ethyl adjacent to an activating group) is 2. The van der Waals surface area contributed by atoms with Crippen molar-refractivity contribution in [2.75, 3.05) is 39.3 Å². The maximum absolute atomic E-state index is 12.6. The zero-order valence-electron chi connectivity index (χ0n) is 17.1. The highest BCUT2D eigenvalue weighted by atomic mass is 16.4. The van der Waals surface area contributed by atoms with E-state index in [1.165, 1.54) is 6.42 Å². The Kier molecular flexibility index (Phi) is 6.93. The van der Waals surface area contributed by atoms with E-state index in [1.54, 1.807) is 0 Å². The Balaban J connectivity index is 1.42. The molecule has 0 radical (unpaired) electrons. The molecule has 0 aromatic carbocycles. The second-order valence-corrected chi connectivity index (χ2v) is 8.41. The lowest BCUT2D eigenvalue weighted by atomic mass is 9.85. The van der Waals surface area contributed by atoms with E-state index in [9.17, 15) is 14.4 Å². The number of carbonyl (C=O) groups excluding carboxylic acids is 2. The lowest BCUT2D eigenvalue weighted by molar-refractivity contribution is -0.140. The van der Waals surface area contributed by atoms with Gasteiger partial charge in [-0.1, -0.05) is 13.8 Å². The molecule has 2 aliphatic heterocycles. The maximum Gasteiger partial charge on any atom is 0.317 e. The third-order valence-corrected chi connectivity index (χ3v) is 6.64. The first-order chi connectivity index (χ1) is 13.4. The van der Waals surface area contributed by atoms with Gasteiger partial charge in [-0.05, 0) is 45.3 Å². The van der Waals surface area contributed by atoms with Crippen molar-refractivity contribution in [2.45, 2.75) is 64.1 Å². The molecule has 2 amide bonds. The van der Waals surface area contributed by atoms with Gasteiger partial charge in [-0.2, -0.15) is 0 Å². The van der Waals surface area contributed by atoms with Crippen LogP contribution in [-0.2, 0) is 14.4 Å². The lowest BCUT2D eigenvalue weighted by Crippen LogP contribution is -2.55. The summed E-state index contributed by atoms with van der Waals surface area (Å²) in [6.45, 7) is 8.23. The minimum absolute atomic E-state index is 0.0284. The van der Waals surface area contributed by atoms with E-state index in [1.807, 2.05) is 16.7 Å². The SMILES string of the molecule is CCN1CCCC1CN1CC(C(=O)NC2CC(N(CC)CC(=O)O)C2)CC1=O. The number of hydrogen-bond acceptors (Lipinski definition) is 5. The van der Waals surface area contributed by atoms with Gasteiger partial charge < -0.3 is 15.3 Å². The smallest absolute Gasteiger partial charge is 0.317 e. The highest BCUT2D eigenvalue weighted by Gasteiger charge is 2.40. The van der Waals surface area contributed by atoms with Crippen molar-refractivity contribution >= 4 is 17.8 Å². The fraction of sp³-hybridized carbons (Fsp3) is 0.850. The predicted molar refractivity (Wildman–Crippen MR) is 105 cm³/mol. The molecule has 28 heavy (non-hydrogen) atoms. The molecule has 3 aliphatic rings. The van der Waals surface area contributed by atoms with Crippen LogP contribution < -0.4 is 5.32 Å². The summed E-state index contributed by atoms with van der Waals surface area (Å²) in [5.74, 6) is -1.01. The van der Waals surface area contributed by atoms with Crippen molar-refractivity contribution in [3.63, 3.8) is 0 Å². The summed E-state index contributed by atoms with van der Waals surface area (Å²) in [5.41, 5.74) is 0. The van der Waals surface area contributed by atoms with Crippen LogP contribution in [0, 0.1) is 5.92 Å². The highest BCUT2D eigenvalue weighted by molar-refractivity contribution is 5.89. The van der Waals surface area contributed by atoms with Gasteiger partial charge in [-0.3, -0.25) is 24.2 Å². The van der Waals surface area contributed by atoms with E-state index in [0.717, 1.165) is 38.9 Å². The van der Waals surface area contributed by atoms with Gasteiger partial charge in [0.2, 0.25) is 11.8 Å². The van der Waals surface area contributed by atoms with E-state index >= 15 is 0 Å². The first-order valence-electron chi connectivity index (χ1n) is 10.7. The average molecular weight is 395 g/mol. The minimum Gasteiger partial charge on any atom is -0.480 e. The molecule has 158 valence electrons. The summed E-state index contributed by atoms with van der Waals surface area (Å²) >= 11 is 0. The Morgan fingerprint density at radius 1 is 1.29 bits per heavy atom. The van der Waals surface area contributed by atoms with Gasteiger partial charge in [-0.25, -0.2) is 0 Å². The van der Waals surface area contributed by atoms with Crippen LogP contribution in [0.5, 0.6) is 0 Å². The van der Waals surface area contributed by atoms with Crippen LogP contribution in [0.4, 0.5) is 0 Å². The fourth-order valence-electron chi connectivity index (χ4n) is 4.89. The highest BCUT2D eigenvalue weighted by Crippen LogP contribution is 2.27. The Labute approximate surface area is 167 Å². The van der Waals surface area contributed by atoms with E-state index < -0.39 is 5.97 Å². The third-order valence-electron chi connectivity index (χ3n) is 6.64. The van der Waals surface area contributed by atoms with E-state index in [4.69, 9.17) is 5.11 Å². The molecule has 2 unspecified atom stereocenters. The standard InChI is InChI=1S/C20H34N4O4/c1-3-22-7-5-6-16(22)12-24-11-14(8-18(24)25)20(28)21-15-9-17(10-15)23(4-2)13-19(26)27/h14-17H,3-13H2,1-2H3,(H,21,28)(H,26,27). The van der Waals surface area contributed by atoms with Crippen molar-refractivity contribution in [2.24, 2.45) is 5.92 Å². The van der Waals surface area contributed by atoms with Gasteiger partial charge in [-0.15, -0.1) is 0 Å². The summed E-state index contributed by atoms with van der Waals surface area (Å²) in [4.78, 5) is 42.2. The molecule has 2 heterocycles. The van der Waals surface area contributed by atoms with Crippen LogP contribution >= 0.6 is 0 Å². The van der Waals surface area contributed by atoms with Crippen LogP contribution in [0.3, 0.4) is 0 Å². The van der Waals surface area contributed by atoms with Gasteiger partial charge in [0.15, 0.2) is 0 Å². The molecule has 8 heteroatoms. The number of rotatable bonds is 9. The van der Waals surface area contributed by atoms with Crippen molar-refractivity contribution in [3.05, 3.63) is 0 Å². The molecule has 0 bridgehead atoms. The Morgan fingerprint density at radius 2 is 2.04 bits per heavy atom. The van der Waals surface area contributed by atoms with Crippen LogP contribution in [0.25, 0.3) is 0 Å². The molecule has 2 saturated heterocycles. The summed E-state index contributed by atoms with van der Waals surface area (Å²) in [6, 6.07) is 0.739. The average Bonchev–Trinajstić information content (AvgIpc) is 3.22. The first kappa shape index (κ1) is 21.0. The minimum atomic E-state index is -0.817. The number of carboxylic acids is 1. The molecule has 1 aliphatic carbocycles. The predicted octanol–water partition coefficient (Wildman–Crippen LogP) is 0.373. The Morgan fingerprint density at radius 3 is 2.68 bits per heavy atom. The van der Waals surface area contributed by atoms with Crippen molar-refractivity contribution in [3.8, 4) is 0 Å². The molecule has 1 saturated carbocycles. The van der Waals surface area contributed by atoms with Gasteiger partial charge in [0, 0.05) is 37.6 Å². The van der Waals surface area contributed by atoms with Crippen LogP contribution in [0.1, 0.15) is 46.0 Å². The molecule has 0 aromatic heterocycles. The monoisotopic (exact) mass is 394 g/mol. The van der Waals surface area contributed by atoms with Gasteiger partial charge in [0.1, 0.15) is 0 Å². The number of hydrogen-bond donors (Lipinski definition) is 2. The number of amides is 2. The summed E-state index contributed by atoms with van der Waals surface area (Å²) in [6.07, 6.45) is 4.18. The molecule has 8 nitrogen and oxygen atoms in total. The molecular weight excluding hydrogens is 360 g/mol. The van der Waals surface area contributed by atoms with Gasteiger partial charge >= 0.3 is 5.97 Å². The van der Waals surface area contributed by atoms with Gasteiger partial charge in [0.25, 0.3) is 0 Å². The molecule has 3 rings (SSSR count). The van der Waals surface area contributed by atoms with Crippen LogP contribution in [0.15, 0.2) is 0 Å². The molecule has 0 aromatic rings. The van der Waals surface area contributed by atoms with Crippen molar-refractivity contribution in [1.29, 1.82) is 0 Å². The van der Waals surface area contributed by atoms with E-state index in [0.29, 0.717) is 25.6 Å². The Bertz CT molecular complexity index is 593. The number of carbonyl (C=O) groups is 3. The van der Waals surface area contributed by atoms with Crippen molar-refractivity contribution in [1.82, 2.24) is 20.0 Å². The number of nitrogens with zero attached hydrogens (tertiary/aromatic N) is 3. The molecule has 2 atom stereocenters. The molecule has 3 fully saturated rings. The summed E-state index contributed by atoms with van der Waals surface area (Å²) in [7, 11) is 0. The first-order valence-corrected chi connectivity index (χ1v) is 10.7. The number of aliphatic carboxylic acids is 1. The Hall–Kier alpha value is -1.67. The van der Waals surface area contributed by atoms with Gasteiger partial charge in [0.05, 0.1) is 12.5 Å². The zero-order chi connectivity index (χ0) is 20.3. The largest absolute Gasteiger partial charge is 0.480 e. The third kappa shape index (κ3) is 4.84. The molecular formula is C20H34N4O4. The maximum atomic E-state index is 12.6. The quantitative estimate of drug-likeness (QED) is 0.587. The summed E-state index contributed by atoms with van der Waals surface area (Å²) in [5, 5.41) is 12.0. The number of nitrogens with one attached hydrogen (secondary N) is 1. The lowest BCUT2D eigenvalue weighted by Gasteiger charge is -2.42. The van der Waals surface area contributed by atoms with Crippen molar-refractivity contribution < 1.29 is 19.5 Å². The van der Waals surface area contributed by atoms with Crippen LogP contribution in [0.2, 0.25) is 0 Å². The van der Waals surface area contributed by atoms with E-state index in [-0.39, 0.29) is 36.4 Å². The topological polar surface area (TPSA) is 93.2 Å². The van der Waals surface area contributed by atoms with Crippen LogP contribution in [-0.4, -0.2) is 95.0 Å². The van der Waals surface area contributed by atoms with E-state index in [2.05, 4.69) is 17.1 Å². The number of likely N-dealkylation sites (tertiary alicyclic amines) is 2.